The predicted octanol–water partition coefficient (Wildman–Crippen LogP) is 0.947. The molecule has 1 atom stereocenters. The molecule has 1 aliphatic rings. The quantitative estimate of drug-likeness (QED) is 0.636. The molecule has 0 N–H and O–H groups in total. The summed E-state index contributed by atoms with van der Waals surface area (Å²) in [7, 11) is 0. The normalized spacial score (nSPS) is 20.6. The van der Waals surface area contributed by atoms with E-state index in [-0.39, 0.29) is 0 Å². The Morgan fingerprint density at radius 2 is 2.38 bits per heavy atom. The van der Waals surface area contributed by atoms with E-state index >= 15 is 0 Å². The fraction of sp³-hybridized carbons (Fsp3) is 0.444. The van der Waals surface area contributed by atoms with E-state index in [0.717, 1.165) is 12.4 Å². The van der Waals surface area contributed by atoms with Crippen LogP contribution in [0.5, 0.6) is 0 Å². The molecule has 1 aliphatic heterocycles. The van der Waals surface area contributed by atoms with Gasteiger partial charge in [0.25, 0.3) is 0 Å². The minimum Gasteiger partial charge on any atom is -0.352 e. The Morgan fingerprint density at radius 1 is 1.54 bits per heavy atom. The average Bonchev–Trinajstić information content (AvgIpc) is 2.17. The maximum absolute atomic E-state index is 8.52. The van der Waals surface area contributed by atoms with E-state index < -0.39 is 0 Å². The lowest BCUT2D eigenvalue weighted by Gasteiger charge is -2.39. The first-order chi connectivity index (χ1) is 6.31. The molecule has 4 nitrogen and oxygen atoms in total. The number of hydrogen-bond donors (Lipinski definition) is 0. The van der Waals surface area contributed by atoms with Crippen molar-refractivity contribution in [3.05, 3.63) is 18.1 Å². The summed E-state index contributed by atoms with van der Waals surface area (Å²) >= 11 is 0. The van der Waals surface area contributed by atoms with Crippen molar-refractivity contribution in [2.24, 2.45) is 0 Å². The molecule has 0 bridgehead atoms. The smallest absolute Gasteiger partial charge is 0.158 e. The molecule has 66 valence electrons. The number of nitrogens with zero attached hydrogens (tertiary/aromatic N) is 4. The molecule has 0 aromatic carbocycles. The van der Waals surface area contributed by atoms with Crippen molar-refractivity contribution < 1.29 is 0 Å². The van der Waals surface area contributed by atoms with E-state index in [2.05, 4.69) is 21.8 Å². The molecule has 2 rings (SSSR count). The summed E-state index contributed by atoms with van der Waals surface area (Å²) < 4.78 is 0. The minimum absolute atomic E-state index is 0.372. The van der Waals surface area contributed by atoms with Gasteiger partial charge in [0.2, 0.25) is 0 Å². The van der Waals surface area contributed by atoms with Gasteiger partial charge in [0.15, 0.2) is 5.69 Å². The molecule has 1 aromatic rings. The zero-order valence-electron chi connectivity index (χ0n) is 7.44. The Labute approximate surface area is 76.8 Å². The van der Waals surface area contributed by atoms with Crippen LogP contribution in [-0.2, 0) is 0 Å². The van der Waals surface area contributed by atoms with Gasteiger partial charge < -0.3 is 4.90 Å². The molecule has 4 heteroatoms. The van der Waals surface area contributed by atoms with Crippen LogP contribution in [0.25, 0.3) is 0 Å². The van der Waals surface area contributed by atoms with Crippen LogP contribution in [0.4, 0.5) is 5.82 Å². The Balaban J connectivity index is 2.19. The van der Waals surface area contributed by atoms with E-state index in [9.17, 15) is 0 Å². The molecule has 1 aromatic heterocycles. The summed E-state index contributed by atoms with van der Waals surface area (Å²) in [6.07, 6.45) is 4.39. The molecular formula is C9H10N4. The van der Waals surface area contributed by atoms with E-state index in [0.29, 0.717) is 11.7 Å². The summed E-state index contributed by atoms with van der Waals surface area (Å²) in [5.41, 5.74) is 0.372. The first-order valence-corrected chi connectivity index (χ1v) is 4.30. The van der Waals surface area contributed by atoms with Crippen LogP contribution >= 0.6 is 0 Å². The highest BCUT2D eigenvalue weighted by molar-refractivity contribution is 5.41. The lowest BCUT2D eigenvalue weighted by Crippen LogP contribution is -2.46. The molecule has 0 amide bonds. The predicted molar refractivity (Wildman–Crippen MR) is 48.2 cm³/mol. The number of hydrogen-bond acceptors (Lipinski definition) is 4. The standard InChI is InChI=1S/C9H10N4/c1-7-2-3-13(7)9-6-11-8(4-10)5-12-9/h5-7H,2-3H2,1H3. The molecule has 13 heavy (non-hydrogen) atoms. The van der Waals surface area contributed by atoms with Crippen molar-refractivity contribution in [1.29, 1.82) is 5.26 Å². The monoisotopic (exact) mass is 174 g/mol. The average molecular weight is 174 g/mol. The van der Waals surface area contributed by atoms with Crippen molar-refractivity contribution in [2.45, 2.75) is 19.4 Å². The molecule has 0 spiro atoms. The SMILES string of the molecule is CC1CCN1c1cnc(C#N)cn1. The third-order valence-electron chi connectivity index (χ3n) is 2.37. The second-order valence-electron chi connectivity index (χ2n) is 3.20. The maximum Gasteiger partial charge on any atom is 0.158 e. The lowest BCUT2D eigenvalue weighted by molar-refractivity contribution is 0.475. The summed E-state index contributed by atoms with van der Waals surface area (Å²) in [4.78, 5) is 10.3. The zero-order chi connectivity index (χ0) is 9.26. The van der Waals surface area contributed by atoms with Gasteiger partial charge in [-0.05, 0) is 13.3 Å². The Kier molecular flexibility index (Phi) is 1.85. The van der Waals surface area contributed by atoms with Gasteiger partial charge in [-0.15, -0.1) is 0 Å². The summed E-state index contributed by atoms with van der Waals surface area (Å²) in [5, 5.41) is 8.52. The molecule has 1 unspecified atom stereocenters. The molecule has 1 saturated heterocycles. The summed E-state index contributed by atoms with van der Waals surface area (Å²) in [6, 6.07) is 2.51. The number of anilines is 1. The van der Waals surface area contributed by atoms with Gasteiger partial charge in [-0.1, -0.05) is 0 Å². The number of nitriles is 1. The highest BCUT2D eigenvalue weighted by atomic mass is 15.3. The largest absolute Gasteiger partial charge is 0.352 e. The molecule has 1 fully saturated rings. The van der Waals surface area contributed by atoms with Crippen LogP contribution < -0.4 is 4.90 Å². The van der Waals surface area contributed by atoms with Gasteiger partial charge in [-0.25, -0.2) is 9.97 Å². The third-order valence-corrected chi connectivity index (χ3v) is 2.37. The third kappa shape index (κ3) is 1.33. The second-order valence-corrected chi connectivity index (χ2v) is 3.20. The fourth-order valence-electron chi connectivity index (χ4n) is 1.38. The number of aromatic nitrogens is 2. The van der Waals surface area contributed by atoms with Crippen LogP contribution in [-0.4, -0.2) is 22.6 Å². The van der Waals surface area contributed by atoms with E-state index in [1.807, 2.05) is 6.07 Å². The molecular weight excluding hydrogens is 164 g/mol. The van der Waals surface area contributed by atoms with Gasteiger partial charge in [-0.3, -0.25) is 0 Å². The minimum atomic E-state index is 0.372. The highest BCUT2D eigenvalue weighted by Crippen LogP contribution is 2.22. The van der Waals surface area contributed by atoms with Crippen molar-refractivity contribution in [1.82, 2.24) is 9.97 Å². The van der Waals surface area contributed by atoms with Crippen LogP contribution in [0.2, 0.25) is 0 Å². The summed E-state index contributed by atoms with van der Waals surface area (Å²) in [6.45, 7) is 3.20. The van der Waals surface area contributed by atoms with Gasteiger partial charge in [0, 0.05) is 12.6 Å². The Hall–Kier alpha value is -1.63. The lowest BCUT2D eigenvalue weighted by atomic mass is 10.1. The van der Waals surface area contributed by atoms with Gasteiger partial charge in [0.05, 0.1) is 12.4 Å². The van der Waals surface area contributed by atoms with E-state index in [4.69, 9.17) is 5.26 Å². The van der Waals surface area contributed by atoms with Crippen LogP contribution in [0.1, 0.15) is 19.0 Å². The van der Waals surface area contributed by atoms with Crippen molar-refractivity contribution in [2.75, 3.05) is 11.4 Å². The highest BCUT2D eigenvalue weighted by Gasteiger charge is 2.24. The van der Waals surface area contributed by atoms with Gasteiger partial charge >= 0.3 is 0 Å². The Bertz CT molecular complexity index is 338. The fourth-order valence-corrected chi connectivity index (χ4v) is 1.38. The second kappa shape index (κ2) is 3.02. The first-order valence-electron chi connectivity index (χ1n) is 4.30. The van der Waals surface area contributed by atoms with Crippen molar-refractivity contribution in [3.63, 3.8) is 0 Å². The van der Waals surface area contributed by atoms with E-state index in [1.165, 1.54) is 12.6 Å². The van der Waals surface area contributed by atoms with Crippen LogP contribution in [0.15, 0.2) is 12.4 Å². The number of rotatable bonds is 1. The van der Waals surface area contributed by atoms with Gasteiger partial charge in [-0.2, -0.15) is 5.26 Å². The van der Waals surface area contributed by atoms with Crippen molar-refractivity contribution >= 4 is 5.82 Å². The molecule has 0 aliphatic carbocycles. The van der Waals surface area contributed by atoms with Crippen LogP contribution in [0.3, 0.4) is 0 Å². The topological polar surface area (TPSA) is 52.8 Å². The van der Waals surface area contributed by atoms with Crippen LogP contribution in [0, 0.1) is 11.3 Å². The molecule has 0 radical (unpaired) electrons. The molecule has 2 heterocycles. The Morgan fingerprint density at radius 3 is 2.77 bits per heavy atom. The van der Waals surface area contributed by atoms with Crippen molar-refractivity contribution in [3.8, 4) is 6.07 Å². The zero-order valence-corrected chi connectivity index (χ0v) is 7.44. The maximum atomic E-state index is 8.52. The summed E-state index contributed by atoms with van der Waals surface area (Å²) in [5.74, 6) is 0.873. The molecule has 0 saturated carbocycles. The van der Waals surface area contributed by atoms with Gasteiger partial charge in [0.1, 0.15) is 11.9 Å². The van der Waals surface area contributed by atoms with E-state index in [1.54, 1.807) is 6.20 Å². The first kappa shape index (κ1) is 7.99.